The first-order chi connectivity index (χ1) is 6.65. The lowest BCUT2D eigenvalue weighted by Crippen LogP contribution is -2.00. The van der Waals surface area contributed by atoms with E-state index in [4.69, 9.17) is 0 Å². The predicted octanol–water partition coefficient (Wildman–Crippen LogP) is 3.74. The van der Waals surface area contributed by atoms with Gasteiger partial charge in [0.05, 0.1) is 0 Å². The fourth-order valence-corrected chi connectivity index (χ4v) is 2.21. The summed E-state index contributed by atoms with van der Waals surface area (Å²) in [6.45, 7) is 2.01. The van der Waals surface area contributed by atoms with Gasteiger partial charge in [-0.1, -0.05) is 15.9 Å². The van der Waals surface area contributed by atoms with Crippen LogP contribution >= 0.6 is 15.9 Å². The Hall–Kier alpha value is -0.630. The Morgan fingerprint density at radius 1 is 1.43 bits per heavy atom. The van der Waals surface area contributed by atoms with Gasteiger partial charge < -0.3 is 0 Å². The van der Waals surface area contributed by atoms with E-state index in [1.165, 1.54) is 12.8 Å². The van der Waals surface area contributed by atoms with Gasteiger partial charge in [0.2, 0.25) is 0 Å². The summed E-state index contributed by atoms with van der Waals surface area (Å²) in [5, 5.41) is 0. The van der Waals surface area contributed by atoms with Crippen LogP contribution in [-0.4, -0.2) is 5.78 Å². The number of hydrogen-bond donors (Lipinski definition) is 0. The molecule has 14 heavy (non-hydrogen) atoms. The number of hydrogen-bond acceptors (Lipinski definition) is 1. The minimum Gasteiger partial charge on any atom is -0.294 e. The molecule has 1 aliphatic rings. The van der Waals surface area contributed by atoms with Gasteiger partial charge in [0.15, 0.2) is 5.78 Å². The maximum absolute atomic E-state index is 11.8. The molecular weight excluding hydrogens is 240 g/mol. The molecule has 1 aromatic carbocycles. The maximum Gasteiger partial charge on any atom is 0.163 e. The van der Waals surface area contributed by atoms with Crippen molar-refractivity contribution in [2.45, 2.75) is 26.2 Å². The van der Waals surface area contributed by atoms with Gasteiger partial charge in [-0.25, -0.2) is 0 Å². The van der Waals surface area contributed by atoms with Gasteiger partial charge in [-0.3, -0.25) is 4.79 Å². The molecule has 0 heterocycles. The summed E-state index contributed by atoms with van der Waals surface area (Å²) in [7, 11) is 0. The van der Waals surface area contributed by atoms with Crippen LogP contribution in [0, 0.1) is 12.8 Å². The highest BCUT2D eigenvalue weighted by molar-refractivity contribution is 9.10. The van der Waals surface area contributed by atoms with Crippen LogP contribution in [0.1, 0.15) is 35.2 Å². The third-order valence-electron chi connectivity index (χ3n) is 2.54. The van der Waals surface area contributed by atoms with Crippen LogP contribution in [0.2, 0.25) is 0 Å². The molecular formula is C12H13BrO. The van der Waals surface area contributed by atoms with Crippen LogP contribution in [0.5, 0.6) is 0 Å². The number of ketones is 1. The first-order valence-electron chi connectivity index (χ1n) is 4.95. The van der Waals surface area contributed by atoms with Crippen LogP contribution in [0.4, 0.5) is 0 Å². The molecule has 2 rings (SSSR count). The van der Waals surface area contributed by atoms with Gasteiger partial charge in [0, 0.05) is 16.5 Å². The maximum atomic E-state index is 11.8. The second-order valence-corrected chi connectivity index (χ2v) is 5.00. The van der Waals surface area contributed by atoms with Crippen LogP contribution in [0.25, 0.3) is 0 Å². The fourth-order valence-electron chi connectivity index (χ4n) is 1.60. The Kier molecular flexibility index (Phi) is 2.73. The lowest BCUT2D eigenvalue weighted by Gasteiger charge is -2.02. The predicted molar refractivity (Wildman–Crippen MR) is 60.6 cm³/mol. The Bertz CT molecular complexity index is 346. The molecule has 0 N–H and O–H groups in total. The number of rotatable bonds is 3. The van der Waals surface area contributed by atoms with Gasteiger partial charge in [-0.2, -0.15) is 0 Å². The first-order valence-corrected chi connectivity index (χ1v) is 5.75. The number of halogens is 1. The second-order valence-electron chi connectivity index (χ2n) is 4.09. The van der Waals surface area contributed by atoms with Crippen molar-refractivity contribution >= 4 is 21.7 Å². The zero-order chi connectivity index (χ0) is 10.1. The van der Waals surface area contributed by atoms with Gasteiger partial charge >= 0.3 is 0 Å². The Balaban J connectivity index is 2.17. The summed E-state index contributed by atoms with van der Waals surface area (Å²) in [6.07, 6.45) is 3.20. The monoisotopic (exact) mass is 252 g/mol. The van der Waals surface area contributed by atoms with Gasteiger partial charge in [0.1, 0.15) is 0 Å². The summed E-state index contributed by atoms with van der Waals surface area (Å²) < 4.78 is 0.997. The van der Waals surface area contributed by atoms with Crippen molar-refractivity contribution in [1.29, 1.82) is 0 Å². The molecule has 1 aromatic rings. The molecule has 2 heteroatoms. The van der Waals surface area contributed by atoms with E-state index in [0.717, 1.165) is 22.0 Å². The highest BCUT2D eigenvalue weighted by Gasteiger charge is 2.24. The average molecular weight is 253 g/mol. The zero-order valence-electron chi connectivity index (χ0n) is 8.22. The minimum atomic E-state index is 0.289. The molecule has 0 aliphatic heterocycles. The van der Waals surface area contributed by atoms with E-state index in [-0.39, 0.29) is 5.78 Å². The summed E-state index contributed by atoms with van der Waals surface area (Å²) in [6, 6.07) is 5.90. The lowest BCUT2D eigenvalue weighted by molar-refractivity contribution is 0.0976. The first kappa shape index (κ1) is 9.91. The van der Waals surface area contributed by atoms with Crippen LogP contribution < -0.4 is 0 Å². The lowest BCUT2D eigenvalue weighted by atomic mass is 10.0. The molecule has 0 spiro atoms. The van der Waals surface area contributed by atoms with Crippen molar-refractivity contribution in [1.82, 2.24) is 0 Å². The molecule has 1 nitrogen and oxygen atoms in total. The Morgan fingerprint density at radius 2 is 2.14 bits per heavy atom. The van der Waals surface area contributed by atoms with E-state index in [9.17, 15) is 4.79 Å². The van der Waals surface area contributed by atoms with E-state index < -0.39 is 0 Å². The number of carbonyl (C=O) groups is 1. The number of carbonyl (C=O) groups excluding carboxylic acids is 1. The quantitative estimate of drug-likeness (QED) is 0.750. The highest BCUT2D eigenvalue weighted by atomic mass is 79.9. The molecule has 0 amide bonds. The summed E-state index contributed by atoms with van der Waals surface area (Å²) in [5.74, 6) is 0.957. The van der Waals surface area contributed by atoms with Crippen molar-refractivity contribution in [2.75, 3.05) is 0 Å². The van der Waals surface area contributed by atoms with Crippen molar-refractivity contribution < 1.29 is 4.79 Å². The molecule has 0 aromatic heterocycles. The summed E-state index contributed by atoms with van der Waals surface area (Å²) >= 11 is 3.41. The van der Waals surface area contributed by atoms with Crippen LogP contribution in [0.15, 0.2) is 22.7 Å². The molecule has 1 saturated carbocycles. The van der Waals surface area contributed by atoms with Gasteiger partial charge in [0.25, 0.3) is 0 Å². The van der Waals surface area contributed by atoms with E-state index in [0.29, 0.717) is 5.92 Å². The number of Topliss-reactive ketones (excluding diaryl/α,β-unsaturated/α-hetero) is 1. The van der Waals surface area contributed by atoms with Gasteiger partial charge in [-0.15, -0.1) is 0 Å². The average Bonchev–Trinajstić information content (AvgIpc) is 2.86. The van der Waals surface area contributed by atoms with Crippen molar-refractivity contribution in [3.05, 3.63) is 33.8 Å². The number of aryl methyl sites for hydroxylation is 1. The smallest absolute Gasteiger partial charge is 0.163 e. The minimum absolute atomic E-state index is 0.289. The van der Waals surface area contributed by atoms with Gasteiger partial charge in [-0.05, 0) is 49.4 Å². The standard InChI is InChI=1S/C12H13BrO/c1-8-4-10(7-11(13)5-8)12(14)6-9-2-3-9/h4-5,7,9H,2-3,6H2,1H3. The molecule has 0 bridgehead atoms. The Morgan fingerprint density at radius 3 is 2.71 bits per heavy atom. The zero-order valence-corrected chi connectivity index (χ0v) is 9.80. The molecule has 0 atom stereocenters. The molecule has 0 saturated heterocycles. The van der Waals surface area contributed by atoms with Crippen molar-refractivity contribution in [3.8, 4) is 0 Å². The third-order valence-corrected chi connectivity index (χ3v) is 2.99. The highest BCUT2D eigenvalue weighted by Crippen LogP contribution is 2.33. The van der Waals surface area contributed by atoms with Crippen LogP contribution in [0.3, 0.4) is 0 Å². The van der Waals surface area contributed by atoms with Crippen LogP contribution in [-0.2, 0) is 0 Å². The van der Waals surface area contributed by atoms with Crippen molar-refractivity contribution in [2.24, 2.45) is 5.92 Å². The van der Waals surface area contributed by atoms with E-state index >= 15 is 0 Å². The SMILES string of the molecule is Cc1cc(Br)cc(C(=O)CC2CC2)c1. The van der Waals surface area contributed by atoms with Crippen molar-refractivity contribution in [3.63, 3.8) is 0 Å². The Labute approximate surface area is 92.6 Å². The van der Waals surface area contributed by atoms with E-state index in [1.807, 2.05) is 25.1 Å². The number of benzene rings is 1. The van der Waals surface area contributed by atoms with E-state index in [2.05, 4.69) is 15.9 Å². The molecule has 74 valence electrons. The fraction of sp³-hybridized carbons (Fsp3) is 0.417. The topological polar surface area (TPSA) is 17.1 Å². The molecule has 0 unspecified atom stereocenters. The molecule has 1 aliphatic carbocycles. The third kappa shape index (κ3) is 2.44. The second kappa shape index (κ2) is 3.85. The molecule has 0 radical (unpaired) electrons. The molecule has 1 fully saturated rings. The summed E-state index contributed by atoms with van der Waals surface area (Å²) in [4.78, 5) is 11.8. The van der Waals surface area contributed by atoms with E-state index in [1.54, 1.807) is 0 Å². The summed E-state index contributed by atoms with van der Waals surface area (Å²) in [5.41, 5.74) is 1.99. The normalized spacial score (nSPS) is 15.6. The largest absolute Gasteiger partial charge is 0.294 e.